The van der Waals surface area contributed by atoms with Crippen LogP contribution >= 0.6 is 0 Å². The number of aliphatic hydroxyl groups is 1. The number of aliphatic hydroxyl groups excluding tert-OH is 1. The Morgan fingerprint density at radius 1 is 1.16 bits per heavy atom. The third-order valence-electron chi connectivity index (χ3n) is 10.1. The zero-order chi connectivity index (χ0) is 22.8. The van der Waals surface area contributed by atoms with E-state index in [9.17, 15) is 19.8 Å². The molecule has 3 saturated carbocycles. The summed E-state index contributed by atoms with van der Waals surface area (Å²) in [6, 6.07) is 0. The van der Waals surface area contributed by atoms with Crippen molar-refractivity contribution in [3.8, 4) is 0 Å². The first-order valence-corrected chi connectivity index (χ1v) is 12.7. The second-order valence-electron chi connectivity index (χ2n) is 12.1. The molecule has 4 aliphatic rings. The lowest BCUT2D eigenvalue weighted by molar-refractivity contribution is -0.194. The second kappa shape index (κ2) is 7.71. The van der Waals surface area contributed by atoms with E-state index in [2.05, 4.69) is 40.7 Å². The summed E-state index contributed by atoms with van der Waals surface area (Å²) in [6.07, 6.45) is 9.66. The van der Waals surface area contributed by atoms with Gasteiger partial charge in [0.2, 0.25) is 0 Å². The van der Waals surface area contributed by atoms with Crippen LogP contribution in [0.25, 0.3) is 0 Å². The normalized spacial score (nSPS) is 43.9. The summed E-state index contributed by atoms with van der Waals surface area (Å²) in [5, 5.41) is 22.8. The second-order valence-corrected chi connectivity index (χ2v) is 12.1. The fourth-order valence-corrected chi connectivity index (χ4v) is 9.02. The predicted molar refractivity (Wildman–Crippen MR) is 121 cm³/mol. The third kappa shape index (κ3) is 2.69. The fraction of sp³-hybridized carbons (Fsp3) is 0.852. The molecule has 2 N–H and O–H groups in total. The van der Waals surface area contributed by atoms with Crippen LogP contribution in [-0.2, 0) is 9.59 Å². The number of unbranched alkanes of at least 4 members (excludes halogenated alkanes) is 1. The summed E-state index contributed by atoms with van der Waals surface area (Å²) in [4.78, 5) is 26.3. The van der Waals surface area contributed by atoms with Gasteiger partial charge in [0.15, 0.2) is 0 Å². The number of carboxylic acid groups (broad SMARTS) is 1. The maximum absolute atomic E-state index is 13.4. The van der Waals surface area contributed by atoms with Crippen LogP contribution in [0.2, 0.25) is 0 Å². The van der Waals surface area contributed by atoms with Gasteiger partial charge in [0.25, 0.3) is 0 Å². The number of hydrogen-bond acceptors (Lipinski definition) is 3. The number of allylic oxidation sites excluding steroid dienone is 1. The van der Waals surface area contributed by atoms with Gasteiger partial charge >= 0.3 is 5.97 Å². The zero-order valence-electron chi connectivity index (χ0n) is 20.1. The standard InChI is InChI=1S/C27H42O4/c1-16(2)8-6-7-9-23(29)26-14-20-18(5)10-11-21(20)25(15-28)13-19(26)12-22(17(3)4)27(25,26)24(30)31/h12,15-21,23,29H,6-11,13-14H2,1-5H3,(H,30,31)/t18-,19+,20-,21-,23?,25+,26-,27+/m1/s1. The lowest BCUT2D eigenvalue weighted by Crippen LogP contribution is -2.65. The maximum atomic E-state index is 13.4. The zero-order valence-corrected chi connectivity index (χ0v) is 20.1. The van der Waals surface area contributed by atoms with Gasteiger partial charge in [-0.25, -0.2) is 0 Å². The topological polar surface area (TPSA) is 74.6 Å². The highest BCUT2D eigenvalue weighted by Gasteiger charge is 2.85. The van der Waals surface area contributed by atoms with Gasteiger partial charge in [-0.1, -0.05) is 72.0 Å². The van der Waals surface area contributed by atoms with Crippen molar-refractivity contribution in [2.45, 2.75) is 92.1 Å². The summed E-state index contributed by atoms with van der Waals surface area (Å²) >= 11 is 0. The van der Waals surface area contributed by atoms with E-state index >= 15 is 0 Å². The van der Waals surface area contributed by atoms with Gasteiger partial charge in [-0.05, 0) is 61.2 Å². The van der Waals surface area contributed by atoms with Crippen molar-refractivity contribution < 1.29 is 19.8 Å². The highest BCUT2D eigenvalue weighted by molar-refractivity contribution is 5.90. The molecule has 4 rings (SSSR count). The quantitative estimate of drug-likeness (QED) is 0.288. The molecule has 4 nitrogen and oxygen atoms in total. The van der Waals surface area contributed by atoms with Crippen LogP contribution in [0.15, 0.2) is 11.6 Å². The molecule has 174 valence electrons. The molecule has 0 heterocycles. The number of carbonyl (C=O) groups is 2. The molecule has 0 aromatic heterocycles. The molecule has 31 heavy (non-hydrogen) atoms. The van der Waals surface area contributed by atoms with E-state index in [1.165, 1.54) is 0 Å². The van der Waals surface area contributed by atoms with E-state index < -0.39 is 28.3 Å². The van der Waals surface area contributed by atoms with Gasteiger partial charge in [-0.2, -0.15) is 0 Å². The molecule has 0 aliphatic heterocycles. The van der Waals surface area contributed by atoms with E-state index in [0.29, 0.717) is 30.6 Å². The van der Waals surface area contributed by atoms with Gasteiger partial charge in [0, 0.05) is 5.41 Å². The fourth-order valence-electron chi connectivity index (χ4n) is 9.02. The molecule has 4 bridgehead atoms. The molecule has 3 fully saturated rings. The van der Waals surface area contributed by atoms with Crippen molar-refractivity contribution in [2.75, 3.05) is 0 Å². The average Bonchev–Trinajstić information content (AvgIpc) is 3.28. The van der Waals surface area contributed by atoms with Crippen molar-refractivity contribution in [1.82, 2.24) is 0 Å². The molecule has 0 saturated heterocycles. The Labute approximate surface area is 187 Å². The van der Waals surface area contributed by atoms with E-state index in [1.807, 2.05) is 0 Å². The van der Waals surface area contributed by atoms with Crippen LogP contribution in [0.5, 0.6) is 0 Å². The first-order valence-electron chi connectivity index (χ1n) is 12.7. The molecule has 0 spiro atoms. The molecule has 4 aliphatic carbocycles. The minimum atomic E-state index is -1.25. The van der Waals surface area contributed by atoms with Crippen LogP contribution < -0.4 is 0 Å². The molecule has 0 aromatic carbocycles. The van der Waals surface area contributed by atoms with Crippen molar-refractivity contribution in [1.29, 1.82) is 0 Å². The van der Waals surface area contributed by atoms with Gasteiger partial charge in [-0.15, -0.1) is 0 Å². The summed E-state index contributed by atoms with van der Waals surface area (Å²) in [6.45, 7) is 10.8. The lowest BCUT2D eigenvalue weighted by Gasteiger charge is -2.59. The number of rotatable bonds is 9. The lowest BCUT2D eigenvalue weighted by atomic mass is 9.41. The number of aldehydes is 1. The highest BCUT2D eigenvalue weighted by Crippen LogP contribution is 2.83. The molecular formula is C27H42O4. The summed E-state index contributed by atoms with van der Waals surface area (Å²) in [5.74, 6) is 0.780. The Bertz CT molecular complexity index is 769. The molecule has 1 unspecified atom stereocenters. The molecular weight excluding hydrogens is 388 g/mol. The Hall–Kier alpha value is -1.16. The van der Waals surface area contributed by atoms with Crippen molar-refractivity contribution in [3.05, 3.63) is 11.6 Å². The number of carboxylic acids is 1. The van der Waals surface area contributed by atoms with Gasteiger partial charge in [0.05, 0.1) is 11.5 Å². The largest absolute Gasteiger partial charge is 0.481 e. The summed E-state index contributed by atoms with van der Waals surface area (Å²) in [5.41, 5.74) is -1.94. The highest BCUT2D eigenvalue weighted by atomic mass is 16.4. The average molecular weight is 431 g/mol. The van der Waals surface area contributed by atoms with Crippen LogP contribution in [0.3, 0.4) is 0 Å². The monoisotopic (exact) mass is 430 g/mol. The van der Waals surface area contributed by atoms with Gasteiger partial charge in [0.1, 0.15) is 11.7 Å². The van der Waals surface area contributed by atoms with E-state index in [-0.39, 0.29) is 17.8 Å². The molecule has 0 aromatic rings. The molecule has 0 amide bonds. The number of fused-ring (bicyclic) bond motifs is 2. The molecule has 0 radical (unpaired) electrons. The Balaban J connectivity index is 1.83. The van der Waals surface area contributed by atoms with Crippen molar-refractivity contribution in [3.63, 3.8) is 0 Å². The minimum absolute atomic E-state index is 0.0101. The van der Waals surface area contributed by atoms with Crippen LogP contribution in [0.4, 0.5) is 0 Å². The van der Waals surface area contributed by atoms with E-state index in [4.69, 9.17) is 0 Å². The Kier molecular flexibility index (Phi) is 5.72. The van der Waals surface area contributed by atoms with Gasteiger partial charge < -0.3 is 15.0 Å². The minimum Gasteiger partial charge on any atom is -0.481 e. The van der Waals surface area contributed by atoms with Gasteiger partial charge in [-0.3, -0.25) is 4.79 Å². The van der Waals surface area contributed by atoms with E-state index in [1.54, 1.807) is 0 Å². The van der Waals surface area contributed by atoms with Crippen LogP contribution in [0.1, 0.15) is 86.0 Å². The Morgan fingerprint density at radius 3 is 2.42 bits per heavy atom. The number of hydrogen-bond donors (Lipinski definition) is 2. The smallest absolute Gasteiger partial charge is 0.315 e. The maximum Gasteiger partial charge on any atom is 0.315 e. The summed E-state index contributed by atoms with van der Waals surface area (Å²) in [7, 11) is 0. The molecule has 8 atom stereocenters. The molecule has 4 heteroatoms. The van der Waals surface area contributed by atoms with Crippen LogP contribution in [-0.4, -0.2) is 28.6 Å². The van der Waals surface area contributed by atoms with Crippen LogP contribution in [0, 0.1) is 51.8 Å². The number of aliphatic carboxylic acids is 1. The SMILES string of the molecule is CC(C)CCCCC(O)[C@@]12C[C@@H]3[C@H](C)CC[C@H]3[C@@]3(C=O)C[C@@H]1C=C(C(C)C)[C@@]23C(=O)O. The third-order valence-corrected chi connectivity index (χ3v) is 10.1. The first-order chi connectivity index (χ1) is 14.6. The van der Waals surface area contributed by atoms with Crippen molar-refractivity contribution >= 4 is 12.3 Å². The summed E-state index contributed by atoms with van der Waals surface area (Å²) < 4.78 is 0. The number of carbonyl (C=O) groups excluding carboxylic acids is 1. The van der Waals surface area contributed by atoms with E-state index in [0.717, 1.165) is 50.4 Å². The van der Waals surface area contributed by atoms with Crippen molar-refractivity contribution in [2.24, 2.45) is 51.8 Å². The Morgan fingerprint density at radius 2 is 1.84 bits per heavy atom. The first kappa shape index (κ1) is 23.0. The predicted octanol–water partition coefficient (Wildman–Crippen LogP) is 5.49.